The number of nitrogens with zero attached hydrogens (tertiary/aromatic N) is 3. The van der Waals surface area contributed by atoms with Crippen molar-refractivity contribution in [1.82, 2.24) is 9.97 Å². The summed E-state index contributed by atoms with van der Waals surface area (Å²) < 4.78 is 14.7. The number of anilines is 3. The Hall–Kier alpha value is -2.93. The van der Waals surface area contributed by atoms with E-state index in [1.807, 2.05) is 0 Å². The molecular formula is C16H15FN5O-. The second kappa shape index (κ2) is 5.36. The van der Waals surface area contributed by atoms with E-state index in [9.17, 15) is 9.60 Å². The molecule has 6 nitrogen and oxygen atoms in total. The maximum atomic E-state index is 14.7. The highest BCUT2D eigenvalue weighted by Gasteiger charge is 2.16. The van der Waals surface area contributed by atoms with E-state index < -0.39 is 5.82 Å². The lowest BCUT2D eigenvalue weighted by molar-refractivity contribution is 0.637. The van der Waals surface area contributed by atoms with E-state index in [1.165, 1.54) is 25.6 Å². The summed E-state index contributed by atoms with van der Waals surface area (Å²) >= 11 is 0. The highest BCUT2D eigenvalue weighted by Crippen LogP contribution is 2.36. The van der Waals surface area contributed by atoms with Gasteiger partial charge in [-0.3, -0.25) is 4.98 Å². The minimum atomic E-state index is -0.557. The fourth-order valence-electron chi connectivity index (χ4n) is 2.47. The van der Waals surface area contributed by atoms with Gasteiger partial charge in [-0.1, -0.05) is 0 Å². The van der Waals surface area contributed by atoms with Crippen LogP contribution in [0.15, 0.2) is 30.7 Å². The van der Waals surface area contributed by atoms with Gasteiger partial charge in [-0.2, -0.15) is 0 Å². The van der Waals surface area contributed by atoms with Gasteiger partial charge >= 0.3 is 0 Å². The molecular weight excluding hydrogens is 297 g/mol. The third-order valence-electron chi connectivity index (χ3n) is 3.85. The number of fused-ring (bicyclic) bond motifs is 1. The first-order chi connectivity index (χ1) is 10.9. The first-order valence-electron chi connectivity index (χ1n) is 6.89. The van der Waals surface area contributed by atoms with E-state index in [1.54, 1.807) is 19.1 Å². The van der Waals surface area contributed by atoms with Crippen molar-refractivity contribution in [2.24, 2.45) is 0 Å². The molecule has 2 aromatic heterocycles. The van der Waals surface area contributed by atoms with Gasteiger partial charge in [0.05, 0.1) is 17.6 Å². The SMILES string of the molecule is Cc1c(N)cncc1-c1cc2cc(N(C)[O-])ncc2c(N)c1F. The summed E-state index contributed by atoms with van der Waals surface area (Å²) in [5.41, 5.74) is 13.8. The maximum Gasteiger partial charge on any atom is 0.154 e. The minimum absolute atomic E-state index is 0.0214. The highest BCUT2D eigenvalue weighted by atomic mass is 19.1. The predicted molar refractivity (Wildman–Crippen MR) is 90.3 cm³/mol. The summed E-state index contributed by atoms with van der Waals surface area (Å²) in [7, 11) is 1.34. The van der Waals surface area contributed by atoms with Crippen molar-refractivity contribution in [1.29, 1.82) is 0 Å². The van der Waals surface area contributed by atoms with Crippen LogP contribution in [0.3, 0.4) is 0 Å². The molecule has 0 unspecified atom stereocenters. The second-order valence-corrected chi connectivity index (χ2v) is 5.31. The Labute approximate surface area is 132 Å². The fourth-order valence-corrected chi connectivity index (χ4v) is 2.47. The average molecular weight is 312 g/mol. The third kappa shape index (κ3) is 2.40. The Morgan fingerprint density at radius 1 is 1.13 bits per heavy atom. The molecule has 0 saturated heterocycles. The van der Waals surface area contributed by atoms with Crippen LogP contribution in [0.4, 0.5) is 21.6 Å². The average Bonchev–Trinajstić information content (AvgIpc) is 2.53. The second-order valence-electron chi connectivity index (χ2n) is 5.31. The number of halogens is 1. The number of hydrogen-bond donors (Lipinski definition) is 2. The van der Waals surface area contributed by atoms with Crippen molar-refractivity contribution in [2.45, 2.75) is 6.92 Å². The minimum Gasteiger partial charge on any atom is -0.757 e. The molecule has 2 heterocycles. The molecule has 23 heavy (non-hydrogen) atoms. The summed E-state index contributed by atoms with van der Waals surface area (Å²) in [6, 6.07) is 3.19. The number of nitrogens with two attached hydrogens (primary N) is 2. The van der Waals surface area contributed by atoms with Gasteiger partial charge in [0.1, 0.15) is 5.82 Å². The van der Waals surface area contributed by atoms with Crippen LogP contribution in [-0.2, 0) is 0 Å². The van der Waals surface area contributed by atoms with Crippen LogP contribution in [0.1, 0.15) is 5.56 Å². The summed E-state index contributed by atoms with van der Waals surface area (Å²) in [6.45, 7) is 1.79. The van der Waals surface area contributed by atoms with Crippen LogP contribution in [-0.4, -0.2) is 17.0 Å². The number of nitrogen functional groups attached to an aromatic ring is 2. The van der Waals surface area contributed by atoms with Gasteiger partial charge in [0.25, 0.3) is 0 Å². The topological polar surface area (TPSA) is 104 Å². The zero-order valence-corrected chi connectivity index (χ0v) is 12.7. The lowest BCUT2D eigenvalue weighted by Crippen LogP contribution is -2.08. The monoisotopic (exact) mass is 312 g/mol. The Morgan fingerprint density at radius 2 is 1.87 bits per heavy atom. The molecule has 0 bridgehead atoms. The van der Waals surface area contributed by atoms with E-state index in [4.69, 9.17) is 11.5 Å². The molecule has 0 spiro atoms. The quantitative estimate of drug-likeness (QED) is 0.557. The van der Waals surface area contributed by atoms with Crippen molar-refractivity contribution in [3.8, 4) is 11.1 Å². The van der Waals surface area contributed by atoms with Gasteiger partial charge in [0, 0.05) is 28.9 Å². The van der Waals surface area contributed by atoms with Crippen LogP contribution in [0.25, 0.3) is 21.9 Å². The van der Waals surface area contributed by atoms with Crippen molar-refractivity contribution in [2.75, 3.05) is 23.6 Å². The van der Waals surface area contributed by atoms with Crippen LogP contribution in [0, 0.1) is 17.9 Å². The third-order valence-corrected chi connectivity index (χ3v) is 3.85. The van der Waals surface area contributed by atoms with Crippen LogP contribution in [0.5, 0.6) is 0 Å². The van der Waals surface area contributed by atoms with Gasteiger partial charge in [-0.05, 0) is 37.1 Å². The number of hydroxylamine groups is 1. The summed E-state index contributed by atoms with van der Waals surface area (Å²) in [5.74, 6) is -0.338. The number of benzene rings is 1. The Bertz CT molecular complexity index is 911. The summed E-state index contributed by atoms with van der Waals surface area (Å²) in [4.78, 5) is 7.99. The van der Waals surface area contributed by atoms with E-state index in [-0.39, 0.29) is 17.1 Å². The van der Waals surface area contributed by atoms with Crippen molar-refractivity contribution < 1.29 is 4.39 Å². The molecule has 3 rings (SSSR count). The molecule has 0 radical (unpaired) electrons. The summed E-state index contributed by atoms with van der Waals surface area (Å²) in [5, 5.41) is 13.1. The predicted octanol–water partition coefficient (Wildman–Crippen LogP) is 2.84. The Morgan fingerprint density at radius 3 is 2.57 bits per heavy atom. The standard InChI is InChI=1S/C16H15FN5O/c1-8-11(5-20-7-13(8)18)10-3-9-4-14(22(2)23)21-6-12(9)16(19)15(10)17/h3-7H,18-19H2,1-2H3/q-1. The van der Waals surface area contributed by atoms with Crippen molar-refractivity contribution >= 4 is 28.0 Å². The molecule has 0 atom stereocenters. The first-order valence-corrected chi connectivity index (χ1v) is 6.89. The first kappa shape index (κ1) is 15.0. The van der Waals surface area contributed by atoms with Crippen molar-refractivity contribution in [3.63, 3.8) is 0 Å². The molecule has 0 amide bonds. The fraction of sp³-hybridized carbons (Fsp3) is 0.125. The lowest BCUT2D eigenvalue weighted by atomic mass is 9.97. The van der Waals surface area contributed by atoms with Gasteiger partial charge in [0.2, 0.25) is 0 Å². The smallest absolute Gasteiger partial charge is 0.154 e. The Kier molecular flexibility index (Phi) is 3.49. The van der Waals surface area contributed by atoms with E-state index >= 15 is 0 Å². The molecule has 0 aliphatic rings. The van der Waals surface area contributed by atoms with Gasteiger partial charge in [-0.15, -0.1) is 0 Å². The molecule has 0 fully saturated rings. The van der Waals surface area contributed by atoms with Gasteiger partial charge < -0.3 is 21.7 Å². The Balaban J connectivity index is 2.33. The molecule has 118 valence electrons. The summed E-state index contributed by atoms with van der Waals surface area (Å²) in [6.07, 6.45) is 4.44. The van der Waals surface area contributed by atoms with Crippen molar-refractivity contribution in [3.05, 3.63) is 47.3 Å². The number of pyridine rings is 2. The molecule has 1 aromatic carbocycles. The normalized spacial score (nSPS) is 11.0. The lowest BCUT2D eigenvalue weighted by Gasteiger charge is -2.23. The van der Waals surface area contributed by atoms with E-state index in [2.05, 4.69) is 9.97 Å². The van der Waals surface area contributed by atoms with Gasteiger partial charge in [0.15, 0.2) is 5.82 Å². The zero-order valence-electron chi connectivity index (χ0n) is 12.7. The molecule has 0 aliphatic carbocycles. The maximum absolute atomic E-state index is 14.7. The van der Waals surface area contributed by atoms with E-state index in [0.717, 1.165) is 0 Å². The zero-order chi connectivity index (χ0) is 16.7. The molecule has 3 aromatic rings. The van der Waals surface area contributed by atoms with Crippen LogP contribution < -0.4 is 16.5 Å². The van der Waals surface area contributed by atoms with Crippen LogP contribution in [0.2, 0.25) is 0 Å². The number of hydrogen-bond acceptors (Lipinski definition) is 6. The molecule has 0 aliphatic heterocycles. The van der Waals surface area contributed by atoms with E-state index in [0.29, 0.717) is 32.6 Å². The number of rotatable bonds is 2. The molecule has 4 N–H and O–H groups in total. The van der Waals surface area contributed by atoms with Gasteiger partial charge in [-0.25, -0.2) is 9.37 Å². The highest BCUT2D eigenvalue weighted by molar-refractivity contribution is 5.98. The number of aromatic nitrogens is 2. The van der Waals surface area contributed by atoms with Crippen LogP contribution >= 0.6 is 0 Å². The largest absolute Gasteiger partial charge is 0.757 e. The molecule has 0 saturated carbocycles. The molecule has 7 heteroatoms.